The lowest BCUT2D eigenvalue weighted by molar-refractivity contribution is -0.149. The van der Waals surface area contributed by atoms with Crippen LogP contribution in [0.4, 0.5) is 0 Å². The Balaban J connectivity index is 2.18. The van der Waals surface area contributed by atoms with E-state index >= 15 is 0 Å². The number of aryl methyl sites for hydroxylation is 1. The van der Waals surface area contributed by atoms with Crippen molar-refractivity contribution >= 4 is 11.8 Å². The van der Waals surface area contributed by atoms with E-state index in [0.717, 1.165) is 12.1 Å². The van der Waals surface area contributed by atoms with Gasteiger partial charge in [-0.15, -0.1) is 0 Å². The number of carbonyl (C=O) groups excluding carboxylic acids is 2. The SMILES string of the molecule is CCC1C(=O)NC(C)C(=O)N1Cc1cnn(CC)c1. The first-order valence-corrected chi connectivity index (χ1v) is 6.69. The second-order valence-electron chi connectivity index (χ2n) is 4.82. The molecule has 2 rings (SSSR count). The van der Waals surface area contributed by atoms with Crippen LogP contribution in [0.25, 0.3) is 0 Å². The van der Waals surface area contributed by atoms with Gasteiger partial charge in [-0.25, -0.2) is 0 Å². The fraction of sp³-hybridized carbons (Fsp3) is 0.615. The van der Waals surface area contributed by atoms with Crippen LogP contribution in [-0.2, 0) is 22.7 Å². The van der Waals surface area contributed by atoms with Gasteiger partial charge in [-0.1, -0.05) is 6.92 Å². The van der Waals surface area contributed by atoms with Gasteiger partial charge in [0.25, 0.3) is 0 Å². The van der Waals surface area contributed by atoms with Gasteiger partial charge in [-0.2, -0.15) is 5.10 Å². The molecule has 1 fully saturated rings. The molecule has 1 saturated heterocycles. The first kappa shape index (κ1) is 13.6. The number of nitrogens with zero attached hydrogens (tertiary/aromatic N) is 3. The van der Waals surface area contributed by atoms with Crippen LogP contribution in [0.15, 0.2) is 12.4 Å². The van der Waals surface area contributed by atoms with Crippen LogP contribution in [0.1, 0.15) is 32.8 Å². The van der Waals surface area contributed by atoms with Gasteiger partial charge in [-0.3, -0.25) is 14.3 Å². The molecule has 104 valence electrons. The molecule has 2 heterocycles. The van der Waals surface area contributed by atoms with Crippen LogP contribution < -0.4 is 5.32 Å². The van der Waals surface area contributed by atoms with Gasteiger partial charge in [0, 0.05) is 24.8 Å². The summed E-state index contributed by atoms with van der Waals surface area (Å²) in [4.78, 5) is 25.8. The number of aromatic nitrogens is 2. The highest BCUT2D eigenvalue weighted by atomic mass is 16.2. The third-order valence-corrected chi connectivity index (χ3v) is 3.44. The van der Waals surface area contributed by atoms with Gasteiger partial charge in [-0.05, 0) is 20.3 Å². The van der Waals surface area contributed by atoms with Crippen molar-refractivity contribution in [2.75, 3.05) is 0 Å². The third kappa shape index (κ3) is 2.62. The van der Waals surface area contributed by atoms with E-state index in [1.165, 1.54) is 0 Å². The minimum absolute atomic E-state index is 0.0318. The van der Waals surface area contributed by atoms with Crippen LogP contribution in [0, 0.1) is 0 Å². The van der Waals surface area contributed by atoms with Crippen molar-refractivity contribution in [1.29, 1.82) is 0 Å². The van der Waals surface area contributed by atoms with Crippen LogP contribution in [0.3, 0.4) is 0 Å². The summed E-state index contributed by atoms with van der Waals surface area (Å²) in [5, 5.41) is 6.90. The van der Waals surface area contributed by atoms with E-state index in [-0.39, 0.29) is 17.9 Å². The summed E-state index contributed by atoms with van der Waals surface area (Å²) in [6, 6.07) is -0.829. The highest BCUT2D eigenvalue weighted by Crippen LogP contribution is 2.16. The Morgan fingerprint density at radius 3 is 2.68 bits per heavy atom. The predicted molar refractivity (Wildman–Crippen MR) is 70.1 cm³/mol. The van der Waals surface area contributed by atoms with E-state index in [2.05, 4.69) is 10.4 Å². The highest BCUT2D eigenvalue weighted by Gasteiger charge is 2.37. The van der Waals surface area contributed by atoms with E-state index in [0.29, 0.717) is 13.0 Å². The number of hydrogen-bond acceptors (Lipinski definition) is 3. The summed E-state index contributed by atoms with van der Waals surface area (Å²) in [5.74, 6) is -0.104. The monoisotopic (exact) mass is 264 g/mol. The maximum absolute atomic E-state index is 12.2. The predicted octanol–water partition coefficient (Wildman–Crippen LogP) is 0.528. The maximum atomic E-state index is 12.2. The Kier molecular flexibility index (Phi) is 3.87. The smallest absolute Gasteiger partial charge is 0.245 e. The van der Waals surface area contributed by atoms with Crippen molar-refractivity contribution in [3.63, 3.8) is 0 Å². The first-order chi connectivity index (χ1) is 9.06. The van der Waals surface area contributed by atoms with Crippen molar-refractivity contribution in [3.05, 3.63) is 18.0 Å². The zero-order valence-corrected chi connectivity index (χ0v) is 11.6. The van der Waals surface area contributed by atoms with E-state index in [1.807, 2.05) is 24.7 Å². The van der Waals surface area contributed by atoms with Crippen molar-refractivity contribution in [2.24, 2.45) is 0 Å². The quantitative estimate of drug-likeness (QED) is 0.862. The molecule has 2 atom stereocenters. The van der Waals surface area contributed by atoms with Crippen molar-refractivity contribution in [1.82, 2.24) is 20.0 Å². The van der Waals surface area contributed by atoms with Gasteiger partial charge >= 0.3 is 0 Å². The molecule has 0 aromatic carbocycles. The second kappa shape index (κ2) is 5.42. The van der Waals surface area contributed by atoms with Crippen LogP contribution in [0.2, 0.25) is 0 Å². The summed E-state index contributed by atoms with van der Waals surface area (Å²) in [5.41, 5.74) is 0.954. The average molecular weight is 264 g/mol. The van der Waals surface area contributed by atoms with Crippen molar-refractivity contribution in [3.8, 4) is 0 Å². The molecule has 0 bridgehead atoms. The molecule has 19 heavy (non-hydrogen) atoms. The Morgan fingerprint density at radius 2 is 2.11 bits per heavy atom. The Morgan fingerprint density at radius 1 is 1.37 bits per heavy atom. The lowest BCUT2D eigenvalue weighted by atomic mass is 10.1. The molecule has 0 radical (unpaired) electrons. The first-order valence-electron chi connectivity index (χ1n) is 6.69. The minimum atomic E-state index is -0.448. The zero-order valence-electron chi connectivity index (χ0n) is 11.6. The van der Waals surface area contributed by atoms with Gasteiger partial charge in [0.15, 0.2) is 0 Å². The lowest BCUT2D eigenvalue weighted by Crippen LogP contribution is -2.61. The Hall–Kier alpha value is -1.85. The van der Waals surface area contributed by atoms with Gasteiger partial charge in [0.1, 0.15) is 12.1 Å². The molecule has 1 N–H and O–H groups in total. The summed E-state index contributed by atoms with van der Waals surface area (Å²) >= 11 is 0. The average Bonchev–Trinajstić information content (AvgIpc) is 2.83. The Bertz CT molecular complexity index is 483. The van der Waals surface area contributed by atoms with Gasteiger partial charge < -0.3 is 10.2 Å². The fourth-order valence-corrected chi connectivity index (χ4v) is 2.37. The molecule has 2 amide bonds. The van der Waals surface area contributed by atoms with E-state index in [9.17, 15) is 9.59 Å². The third-order valence-electron chi connectivity index (χ3n) is 3.44. The summed E-state index contributed by atoms with van der Waals surface area (Å²) < 4.78 is 1.81. The number of nitrogens with one attached hydrogen (secondary N) is 1. The van der Waals surface area contributed by atoms with Crippen molar-refractivity contribution in [2.45, 2.75) is 52.4 Å². The molecule has 1 aliphatic rings. The molecule has 0 saturated carbocycles. The second-order valence-corrected chi connectivity index (χ2v) is 4.82. The van der Waals surface area contributed by atoms with Crippen LogP contribution >= 0.6 is 0 Å². The molecular weight excluding hydrogens is 244 g/mol. The number of rotatable bonds is 4. The Labute approximate surface area is 112 Å². The summed E-state index contributed by atoms with van der Waals surface area (Å²) in [6.45, 7) is 6.87. The lowest BCUT2D eigenvalue weighted by Gasteiger charge is -2.37. The molecule has 2 unspecified atom stereocenters. The fourth-order valence-electron chi connectivity index (χ4n) is 2.37. The van der Waals surface area contributed by atoms with Crippen LogP contribution in [0.5, 0.6) is 0 Å². The molecule has 0 aliphatic carbocycles. The normalized spacial score (nSPS) is 23.6. The number of piperazine rings is 1. The standard InChI is InChI=1S/C13H20N4O2/c1-4-11-12(18)15-9(3)13(19)17(11)8-10-6-14-16(5-2)7-10/h6-7,9,11H,4-5,8H2,1-3H3,(H,15,18). The topological polar surface area (TPSA) is 67.2 Å². The highest BCUT2D eigenvalue weighted by molar-refractivity contribution is 5.96. The van der Waals surface area contributed by atoms with E-state index in [1.54, 1.807) is 18.0 Å². The molecule has 1 aromatic rings. The molecule has 1 aromatic heterocycles. The largest absolute Gasteiger partial charge is 0.343 e. The molecular formula is C13H20N4O2. The van der Waals surface area contributed by atoms with Crippen molar-refractivity contribution < 1.29 is 9.59 Å². The zero-order chi connectivity index (χ0) is 14.0. The molecule has 1 aliphatic heterocycles. The molecule has 6 nitrogen and oxygen atoms in total. The number of hydrogen-bond donors (Lipinski definition) is 1. The maximum Gasteiger partial charge on any atom is 0.245 e. The van der Waals surface area contributed by atoms with Crippen LogP contribution in [-0.4, -0.2) is 38.6 Å². The van der Waals surface area contributed by atoms with E-state index < -0.39 is 6.04 Å². The number of amides is 2. The van der Waals surface area contributed by atoms with E-state index in [4.69, 9.17) is 0 Å². The molecule has 0 spiro atoms. The summed E-state index contributed by atoms with van der Waals surface area (Å²) in [6.07, 6.45) is 4.28. The minimum Gasteiger partial charge on any atom is -0.343 e. The number of carbonyl (C=O) groups is 2. The molecule has 6 heteroatoms. The summed E-state index contributed by atoms with van der Waals surface area (Å²) in [7, 11) is 0. The van der Waals surface area contributed by atoms with Gasteiger partial charge in [0.2, 0.25) is 11.8 Å². The van der Waals surface area contributed by atoms with Gasteiger partial charge in [0.05, 0.1) is 6.20 Å².